The van der Waals surface area contributed by atoms with E-state index >= 15 is 0 Å². The monoisotopic (exact) mass is 508 g/mol. The molecule has 1 aromatic rings. The molecule has 2 N–H and O–H groups in total. The highest BCUT2D eigenvalue weighted by molar-refractivity contribution is 6.05. The summed E-state index contributed by atoms with van der Waals surface area (Å²) in [5.41, 5.74) is -4.63. The predicted molar refractivity (Wildman–Crippen MR) is 115 cm³/mol. The van der Waals surface area contributed by atoms with Gasteiger partial charge in [0.05, 0.1) is 17.7 Å². The lowest BCUT2D eigenvalue weighted by atomic mass is 9.80. The molecule has 0 radical (unpaired) electrons. The lowest BCUT2D eigenvalue weighted by molar-refractivity contribution is -0.143. The number of hydrogen-bond donors (Lipinski definition) is 2. The Hall–Kier alpha value is -2.14. The summed E-state index contributed by atoms with van der Waals surface area (Å²) in [5.74, 6) is -0.744. The van der Waals surface area contributed by atoms with Gasteiger partial charge in [-0.1, -0.05) is 6.92 Å². The van der Waals surface area contributed by atoms with Crippen molar-refractivity contribution in [1.29, 1.82) is 0 Å². The van der Waals surface area contributed by atoms with Crippen molar-refractivity contribution < 1.29 is 40.7 Å². The van der Waals surface area contributed by atoms with E-state index in [9.17, 15) is 35.9 Å². The molecule has 1 heterocycles. The Bertz CT molecular complexity index is 901. The molecule has 1 saturated carbocycles. The van der Waals surface area contributed by atoms with Gasteiger partial charge in [-0.25, -0.2) is 0 Å². The summed E-state index contributed by atoms with van der Waals surface area (Å²) in [6.45, 7) is 4.05. The number of benzene rings is 1. The maximum absolute atomic E-state index is 13.1. The van der Waals surface area contributed by atoms with Crippen LogP contribution in [0.15, 0.2) is 18.2 Å². The fraction of sp³-hybridized carbons (Fsp3) is 0.667. The van der Waals surface area contributed by atoms with Crippen molar-refractivity contribution in [2.75, 3.05) is 13.2 Å². The molecule has 4 atom stereocenters. The SMILES string of the molecule is CCC1COCCC1N[C@@H]1CC[C@](C(C)=O)(C(=O)NCc2cc(C(F)(F)F)cc(C(F)(F)F)c2)C1. The van der Waals surface area contributed by atoms with Crippen LogP contribution in [0.4, 0.5) is 26.3 Å². The minimum atomic E-state index is -4.98. The van der Waals surface area contributed by atoms with Crippen LogP contribution in [-0.2, 0) is 33.2 Å². The van der Waals surface area contributed by atoms with Gasteiger partial charge in [0.25, 0.3) is 0 Å². The van der Waals surface area contributed by atoms with E-state index in [1.54, 1.807) is 0 Å². The first-order valence-electron chi connectivity index (χ1n) is 11.7. The van der Waals surface area contributed by atoms with E-state index in [1.165, 1.54) is 6.92 Å². The molecule has 1 aliphatic carbocycles. The number of rotatable bonds is 7. The Morgan fingerprint density at radius 1 is 1.06 bits per heavy atom. The number of Topliss-reactive ketones (excluding diaryl/α,β-unsaturated/α-hetero) is 1. The zero-order valence-electron chi connectivity index (χ0n) is 19.6. The topological polar surface area (TPSA) is 67.4 Å². The number of alkyl halides is 6. The van der Waals surface area contributed by atoms with Crippen LogP contribution in [0.2, 0.25) is 0 Å². The fourth-order valence-electron chi connectivity index (χ4n) is 5.07. The molecule has 1 aromatic carbocycles. The van der Waals surface area contributed by atoms with E-state index in [1.807, 2.05) is 0 Å². The van der Waals surface area contributed by atoms with Crippen LogP contribution in [-0.4, -0.2) is 37.0 Å². The highest BCUT2D eigenvalue weighted by Crippen LogP contribution is 2.41. The van der Waals surface area contributed by atoms with Gasteiger partial charge in [0.2, 0.25) is 5.91 Å². The van der Waals surface area contributed by atoms with Crippen molar-refractivity contribution >= 4 is 11.7 Å². The molecule has 0 aromatic heterocycles. The van der Waals surface area contributed by atoms with Crippen molar-refractivity contribution in [2.24, 2.45) is 11.3 Å². The molecule has 35 heavy (non-hydrogen) atoms. The van der Waals surface area contributed by atoms with Gasteiger partial charge in [-0.15, -0.1) is 0 Å². The van der Waals surface area contributed by atoms with Crippen molar-refractivity contribution in [1.82, 2.24) is 10.6 Å². The first-order chi connectivity index (χ1) is 16.3. The minimum absolute atomic E-state index is 0.0372. The van der Waals surface area contributed by atoms with Crippen molar-refractivity contribution in [3.05, 3.63) is 34.9 Å². The molecule has 2 aliphatic rings. The van der Waals surface area contributed by atoms with Gasteiger partial charge in [-0.3, -0.25) is 9.59 Å². The van der Waals surface area contributed by atoms with Gasteiger partial charge in [-0.05, 0) is 68.7 Å². The number of nitrogens with one attached hydrogen (secondary N) is 2. The third kappa shape index (κ3) is 6.35. The molecular formula is C24H30F6N2O3. The normalized spacial score (nSPS) is 27.6. The Labute approximate surface area is 200 Å². The maximum atomic E-state index is 13.1. The number of amides is 1. The molecule has 2 unspecified atom stereocenters. The Morgan fingerprint density at radius 3 is 2.23 bits per heavy atom. The summed E-state index contributed by atoms with van der Waals surface area (Å²) in [6, 6.07) is 1.27. The average molecular weight is 509 g/mol. The van der Waals surface area contributed by atoms with Crippen molar-refractivity contribution in [3.63, 3.8) is 0 Å². The molecule has 2 fully saturated rings. The lowest BCUT2D eigenvalue weighted by Gasteiger charge is -2.34. The van der Waals surface area contributed by atoms with E-state index in [-0.39, 0.29) is 42.3 Å². The van der Waals surface area contributed by atoms with Crippen LogP contribution >= 0.6 is 0 Å². The summed E-state index contributed by atoms with van der Waals surface area (Å²) in [4.78, 5) is 25.6. The molecule has 5 nitrogen and oxygen atoms in total. The third-order valence-corrected chi connectivity index (χ3v) is 7.17. The van der Waals surface area contributed by atoms with Gasteiger partial charge in [0.15, 0.2) is 0 Å². The van der Waals surface area contributed by atoms with E-state index < -0.39 is 41.3 Å². The molecule has 196 valence electrons. The van der Waals surface area contributed by atoms with Gasteiger partial charge in [0.1, 0.15) is 11.2 Å². The molecule has 1 aliphatic heterocycles. The Kier molecular flexibility index (Phi) is 8.20. The number of hydrogen-bond acceptors (Lipinski definition) is 4. The molecule has 3 rings (SSSR count). The van der Waals surface area contributed by atoms with E-state index in [0.29, 0.717) is 37.7 Å². The summed E-state index contributed by atoms with van der Waals surface area (Å²) in [7, 11) is 0. The Balaban J connectivity index is 1.73. The summed E-state index contributed by atoms with van der Waals surface area (Å²) < 4.78 is 84.3. The quantitative estimate of drug-likeness (QED) is 0.407. The van der Waals surface area contributed by atoms with E-state index in [0.717, 1.165) is 12.8 Å². The molecule has 11 heteroatoms. The number of carbonyl (C=O) groups is 2. The molecule has 1 amide bonds. The second-order valence-electron chi connectivity index (χ2n) is 9.48. The molecule has 1 saturated heterocycles. The van der Waals surface area contributed by atoms with Crippen LogP contribution < -0.4 is 10.6 Å². The van der Waals surface area contributed by atoms with Crippen molar-refractivity contribution in [2.45, 2.75) is 76.9 Å². The Morgan fingerprint density at radius 2 is 1.69 bits per heavy atom. The average Bonchev–Trinajstić information content (AvgIpc) is 3.22. The first kappa shape index (κ1) is 27.4. The second kappa shape index (κ2) is 10.5. The highest BCUT2D eigenvalue weighted by atomic mass is 19.4. The molecular weight excluding hydrogens is 478 g/mol. The van der Waals surface area contributed by atoms with Crippen LogP contribution in [0.3, 0.4) is 0 Å². The summed E-state index contributed by atoms with van der Waals surface area (Å²) in [6.07, 6.45) is -7.20. The van der Waals surface area contributed by atoms with Gasteiger partial charge in [-0.2, -0.15) is 26.3 Å². The van der Waals surface area contributed by atoms with Gasteiger partial charge in [0, 0.05) is 25.2 Å². The largest absolute Gasteiger partial charge is 0.416 e. The van der Waals surface area contributed by atoms with Crippen LogP contribution in [0.5, 0.6) is 0 Å². The van der Waals surface area contributed by atoms with Gasteiger partial charge >= 0.3 is 12.4 Å². The molecule has 0 bridgehead atoms. The number of ether oxygens (including phenoxy) is 1. The standard InChI is InChI=1S/C24H30F6N2O3/c1-3-16-13-35-7-5-20(16)32-19-4-6-22(11-19,14(2)33)21(34)31-12-15-8-17(23(25,26)27)10-18(9-15)24(28,29)30/h8-10,16,19-20,32H,3-7,11-13H2,1-2H3,(H,31,34)/t16?,19-,20?,22+/m1/s1. The van der Waals surface area contributed by atoms with E-state index in [4.69, 9.17) is 4.74 Å². The molecule has 0 spiro atoms. The second-order valence-corrected chi connectivity index (χ2v) is 9.48. The van der Waals surface area contributed by atoms with Crippen LogP contribution in [0.1, 0.15) is 62.6 Å². The highest BCUT2D eigenvalue weighted by Gasteiger charge is 2.49. The van der Waals surface area contributed by atoms with Crippen LogP contribution in [0, 0.1) is 11.3 Å². The fourth-order valence-corrected chi connectivity index (χ4v) is 5.07. The number of carbonyl (C=O) groups excluding carboxylic acids is 2. The summed E-state index contributed by atoms with van der Waals surface area (Å²) >= 11 is 0. The minimum Gasteiger partial charge on any atom is -0.381 e. The van der Waals surface area contributed by atoms with E-state index in [2.05, 4.69) is 17.6 Å². The zero-order valence-corrected chi connectivity index (χ0v) is 19.6. The number of halogens is 6. The third-order valence-electron chi connectivity index (χ3n) is 7.17. The maximum Gasteiger partial charge on any atom is 0.416 e. The zero-order chi connectivity index (χ0) is 26.0. The lowest BCUT2D eigenvalue weighted by Crippen LogP contribution is -2.48. The van der Waals surface area contributed by atoms with Crippen molar-refractivity contribution in [3.8, 4) is 0 Å². The van der Waals surface area contributed by atoms with Gasteiger partial charge < -0.3 is 15.4 Å². The predicted octanol–water partition coefficient (Wildman–Crippen LogP) is 4.87. The first-order valence-corrected chi connectivity index (χ1v) is 11.7. The smallest absolute Gasteiger partial charge is 0.381 e. The van der Waals surface area contributed by atoms with Crippen LogP contribution in [0.25, 0.3) is 0 Å². The summed E-state index contributed by atoms with van der Waals surface area (Å²) in [5, 5.41) is 5.97. The number of ketones is 1.